The molecule has 0 fully saturated rings. The van der Waals surface area contributed by atoms with E-state index in [1.54, 1.807) is 0 Å². The first kappa shape index (κ1) is 16.8. The smallest absolute Gasteiger partial charge is 0.326 e. The molecule has 0 bridgehead atoms. The van der Waals surface area contributed by atoms with E-state index in [2.05, 4.69) is 25.3 Å². The Kier molecular flexibility index (Phi) is 5.12. The molecule has 6 nitrogen and oxygen atoms in total. The van der Waals surface area contributed by atoms with E-state index in [4.69, 9.17) is 0 Å². The van der Waals surface area contributed by atoms with Gasteiger partial charge in [-0.1, -0.05) is 0 Å². The first-order chi connectivity index (χ1) is 10.4. The number of carbonyl (C=O) groups excluding carboxylic acids is 1. The van der Waals surface area contributed by atoms with Crippen molar-refractivity contribution in [3.05, 3.63) is 23.3 Å². The lowest BCUT2D eigenvalue weighted by Crippen LogP contribution is -2.51. The number of aliphatic carboxylic acids is 1. The van der Waals surface area contributed by atoms with Crippen LogP contribution in [0.5, 0.6) is 11.5 Å². The molecular formula is C14H17NO5S2. The Hall–Kier alpha value is -1.54. The van der Waals surface area contributed by atoms with E-state index in [1.165, 1.54) is 17.0 Å². The maximum absolute atomic E-state index is 12.5. The van der Waals surface area contributed by atoms with E-state index >= 15 is 0 Å². The van der Waals surface area contributed by atoms with Gasteiger partial charge in [-0.2, -0.15) is 25.3 Å². The molecule has 0 spiro atoms. The fraction of sp³-hybridized carbons (Fsp3) is 0.429. The highest BCUT2D eigenvalue weighted by atomic mass is 32.1. The molecule has 1 aliphatic rings. The van der Waals surface area contributed by atoms with Gasteiger partial charge in [-0.25, -0.2) is 4.79 Å². The van der Waals surface area contributed by atoms with Crippen molar-refractivity contribution in [3.63, 3.8) is 0 Å². The van der Waals surface area contributed by atoms with Gasteiger partial charge in [-0.15, -0.1) is 0 Å². The highest BCUT2D eigenvalue weighted by Gasteiger charge is 2.37. The third-order valence-electron chi connectivity index (χ3n) is 3.79. The Morgan fingerprint density at radius 3 is 2.23 bits per heavy atom. The van der Waals surface area contributed by atoms with Crippen molar-refractivity contribution < 1.29 is 24.9 Å². The number of nitrogens with zero attached hydrogens (tertiary/aromatic N) is 1. The summed E-state index contributed by atoms with van der Waals surface area (Å²) < 4.78 is 0. The molecule has 2 rings (SSSR count). The molecular weight excluding hydrogens is 326 g/mol. The number of benzene rings is 1. The first-order valence-corrected chi connectivity index (χ1v) is 7.94. The van der Waals surface area contributed by atoms with E-state index in [0.717, 1.165) is 0 Å². The van der Waals surface area contributed by atoms with Gasteiger partial charge in [0.05, 0.1) is 5.92 Å². The highest BCUT2D eigenvalue weighted by Crippen LogP contribution is 2.33. The quantitative estimate of drug-likeness (QED) is 0.414. The summed E-state index contributed by atoms with van der Waals surface area (Å²) in [6.07, 6.45) is 0.0795. The Morgan fingerprint density at radius 1 is 1.18 bits per heavy atom. The lowest BCUT2D eigenvalue weighted by Gasteiger charge is -2.36. The minimum absolute atomic E-state index is 0.0665. The lowest BCUT2D eigenvalue weighted by atomic mass is 9.92. The van der Waals surface area contributed by atoms with Gasteiger partial charge in [-0.3, -0.25) is 4.79 Å². The monoisotopic (exact) mass is 343 g/mol. The Bertz CT molecular complexity index is 603. The molecule has 1 atom stereocenters. The summed E-state index contributed by atoms with van der Waals surface area (Å²) in [6, 6.07) is 1.70. The van der Waals surface area contributed by atoms with Crippen molar-refractivity contribution in [2.75, 3.05) is 11.5 Å². The maximum atomic E-state index is 12.5. The predicted octanol–water partition coefficient (Wildman–Crippen LogP) is 0.911. The molecule has 0 radical (unpaired) electrons. The van der Waals surface area contributed by atoms with E-state index in [-0.39, 0.29) is 41.9 Å². The third kappa shape index (κ3) is 3.12. The Morgan fingerprint density at radius 2 is 1.73 bits per heavy atom. The second kappa shape index (κ2) is 6.70. The normalized spacial score (nSPS) is 17.4. The molecule has 8 heteroatoms. The van der Waals surface area contributed by atoms with Crippen LogP contribution >= 0.6 is 25.3 Å². The molecule has 0 unspecified atom stereocenters. The standard InChI is InChI=1S/C14H17NO5S2/c16-11-2-7-1-10(14(19)20)15(4-8(7)3-12(11)17)13(18)9(5-21)6-22/h2-3,9-10,16-17,21-22H,1,4-6H2,(H,19,20)/t10-/m0/s1. The number of hydrogen-bond acceptors (Lipinski definition) is 6. The second-order valence-corrected chi connectivity index (χ2v) is 5.93. The Labute approximate surface area is 138 Å². The number of phenols is 2. The van der Waals surface area contributed by atoms with E-state index in [0.29, 0.717) is 11.1 Å². The molecule has 1 aromatic carbocycles. The first-order valence-electron chi connectivity index (χ1n) is 6.67. The van der Waals surface area contributed by atoms with Crippen LogP contribution in [-0.2, 0) is 22.6 Å². The maximum Gasteiger partial charge on any atom is 0.326 e. The molecule has 120 valence electrons. The van der Waals surface area contributed by atoms with Gasteiger partial charge in [0, 0.05) is 24.5 Å². The van der Waals surface area contributed by atoms with Crippen LogP contribution < -0.4 is 0 Å². The summed E-state index contributed by atoms with van der Waals surface area (Å²) in [5.41, 5.74) is 1.23. The molecule has 0 aromatic heterocycles. The average Bonchev–Trinajstić information content (AvgIpc) is 2.48. The van der Waals surface area contributed by atoms with Gasteiger partial charge in [0.15, 0.2) is 11.5 Å². The zero-order chi connectivity index (χ0) is 16.4. The van der Waals surface area contributed by atoms with Crippen LogP contribution in [0, 0.1) is 5.92 Å². The van der Waals surface area contributed by atoms with Crippen LogP contribution in [0.2, 0.25) is 0 Å². The summed E-state index contributed by atoms with van der Waals surface area (Å²) in [5, 5.41) is 28.5. The highest BCUT2D eigenvalue weighted by molar-refractivity contribution is 7.81. The number of carboxylic acids is 1. The molecule has 22 heavy (non-hydrogen) atoms. The molecule has 1 aliphatic heterocycles. The van der Waals surface area contributed by atoms with E-state index in [9.17, 15) is 24.9 Å². The molecule has 1 amide bonds. The molecule has 0 aliphatic carbocycles. The van der Waals surface area contributed by atoms with Crippen molar-refractivity contribution in [3.8, 4) is 11.5 Å². The largest absolute Gasteiger partial charge is 0.504 e. The number of rotatable bonds is 4. The number of phenolic OH excluding ortho intramolecular Hbond substituents is 2. The van der Waals surface area contributed by atoms with Gasteiger partial charge in [0.2, 0.25) is 5.91 Å². The third-order valence-corrected chi connectivity index (χ3v) is 4.67. The van der Waals surface area contributed by atoms with Gasteiger partial charge < -0.3 is 20.2 Å². The number of aromatic hydroxyl groups is 2. The van der Waals surface area contributed by atoms with Gasteiger partial charge in [0.1, 0.15) is 6.04 Å². The summed E-state index contributed by atoms with van der Waals surface area (Å²) >= 11 is 8.21. The van der Waals surface area contributed by atoms with Crippen molar-refractivity contribution >= 4 is 37.1 Å². The molecule has 1 heterocycles. The summed E-state index contributed by atoms with van der Waals surface area (Å²) in [5.74, 6) is -1.94. The number of carboxylic acid groups (broad SMARTS) is 1. The van der Waals surface area contributed by atoms with Crippen LogP contribution in [-0.4, -0.2) is 49.6 Å². The van der Waals surface area contributed by atoms with Crippen LogP contribution in [0.4, 0.5) is 0 Å². The van der Waals surface area contributed by atoms with Crippen LogP contribution in [0.1, 0.15) is 11.1 Å². The topological polar surface area (TPSA) is 98.1 Å². The minimum atomic E-state index is -1.11. The van der Waals surface area contributed by atoms with Gasteiger partial charge in [-0.05, 0) is 23.3 Å². The summed E-state index contributed by atoms with van der Waals surface area (Å²) in [7, 11) is 0. The SMILES string of the molecule is O=C(O)[C@@H]1Cc2cc(O)c(O)cc2CN1C(=O)C(CS)CS. The zero-order valence-electron chi connectivity index (χ0n) is 11.6. The van der Waals surface area contributed by atoms with Crippen LogP contribution in [0.25, 0.3) is 0 Å². The van der Waals surface area contributed by atoms with Gasteiger partial charge >= 0.3 is 5.97 Å². The van der Waals surface area contributed by atoms with Crippen LogP contribution in [0.3, 0.4) is 0 Å². The zero-order valence-corrected chi connectivity index (χ0v) is 13.4. The van der Waals surface area contributed by atoms with Crippen molar-refractivity contribution in [1.82, 2.24) is 4.90 Å². The fourth-order valence-electron chi connectivity index (χ4n) is 2.51. The number of carbonyl (C=O) groups is 2. The molecule has 1 aromatic rings. The number of fused-ring (bicyclic) bond motifs is 1. The lowest BCUT2D eigenvalue weighted by molar-refractivity contribution is -0.152. The van der Waals surface area contributed by atoms with Crippen LogP contribution in [0.15, 0.2) is 12.1 Å². The number of thiol groups is 2. The molecule has 0 saturated heterocycles. The van der Waals surface area contributed by atoms with Crippen molar-refractivity contribution in [1.29, 1.82) is 0 Å². The van der Waals surface area contributed by atoms with E-state index in [1.807, 2.05) is 0 Å². The summed E-state index contributed by atoms with van der Waals surface area (Å²) in [6.45, 7) is 0.0665. The van der Waals surface area contributed by atoms with Crippen molar-refractivity contribution in [2.24, 2.45) is 5.92 Å². The molecule has 0 saturated carbocycles. The second-order valence-electron chi connectivity index (χ2n) is 5.20. The molecule has 3 N–H and O–H groups in total. The Balaban J connectivity index is 2.38. The fourth-order valence-corrected chi connectivity index (χ4v) is 3.29. The average molecular weight is 343 g/mol. The van der Waals surface area contributed by atoms with Crippen molar-refractivity contribution in [2.45, 2.75) is 19.0 Å². The minimum Gasteiger partial charge on any atom is -0.504 e. The predicted molar refractivity (Wildman–Crippen MR) is 86.6 cm³/mol. The summed E-state index contributed by atoms with van der Waals surface area (Å²) in [4.78, 5) is 25.3. The number of amides is 1. The van der Waals surface area contributed by atoms with E-state index < -0.39 is 17.9 Å². The number of hydrogen-bond donors (Lipinski definition) is 5. The van der Waals surface area contributed by atoms with Gasteiger partial charge in [0.25, 0.3) is 0 Å².